The van der Waals surface area contributed by atoms with E-state index in [1.807, 2.05) is 0 Å². The van der Waals surface area contributed by atoms with Crippen molar-refractivity contribution >= 4 is 5.91 Å². The summed E-state index contributed by atoms with van der Waals surface area (Å²) in [5.74, 6) is -0.0412. The van der Waals surface area contributed by atoms with Gasteiger partial charge in [-0.05, 0) is 6.42 Å². The smallest absolute Gasteiger partial charge is 0.252 e. The van der Waals surface area contributed by atoms with Crippen LogP contribution < -0.4 is 0 Å². The third kappa shape index (κ3) is 1.36. The molecule has 2 saturated heterocycles. The summed E-state index contributed by atoms with van der Waals surface area (Å²) in [6.45, 7) is 1.80. The van der Waals surface area contributed by atoms with Crippen LogP contribution >= 0.6 is 0 Å². The van der Waals surface area contributed by atoms with Gasteiger partial charge in [0, 0.05) is 6.61 Å². The maximum atomic E-state index is 10.9. The highest BCUT2D eigenvalue weighted by atomic mass is 16.7. The van der Waals surface area contributed by atoms with Crippen molar-refractivity contribution in [3.63, 3.8) is 0 Å². The van der Waals surface area contributed by atoms with Crippen molar-refractivity contribution in [1.82, 2.24) is 5.06 Å². The van der Waals surface area contributed by atoms with Crippen molar-refractivity contribution in [2.24, 2.45) is 0 Å². The van der Waals surface area contributed by atoms with Crippen LogP contribution in [0.15, 0.2) is 0 Å². The van der Waals surface area contributed by atoms with Gasteiger partial charge < -0.3 is 4.74 Å². The molecule has 1 atom stereocenters. The van der Waals surface area contributed by atoms with Crippen molar-refractivity contribution in [1.29, 1.82) is 0 Å². The van der Waals surface area contributed by atoms with Crippen molar-refractivity contribution in [2.75, 3.05) is 19.8 Å². The minimum absolute atomic E-state index is 0.0412. The first kappa shape index (κ1) is 7.06. The molecule has 1 amide bonds. The molecule has 2 aliphatic heterocycles. The van der Waals surface area contributed by atoms with E-state index in [2.05, 4.69) is 0 Å². The molecule has 1 unspecified atom stereocenters. The van der Waals surface area contributed by atoms with Gasteiger partial charge in [-0.2, -0.15) is 0 Å². The molecular formula is C7H10NO3. The van der Waals surface area contributed by atoms with Crippen LogP contribution in [0.3, 0.4) is 0 Å². The van der Waals surface area contributed by atoms with Crippen LogP contribution in [0.1, 0.15) is 6.42 Å². The molecule has 61 valence electrons. The second-order valence-corrected chi connectivity index (χ2v) is 2.68. The summed E-state index contributed by atoms with van der Waals surface area (Å²) >= 11 is 0. The Labute approximate surface area is 65.0 Å². The van der Waals surface area contributed by atoms with Crippen LogP contribution in [0.2, 0.25) is 0 Å². The van der Waals surface area contributed by atoms with Gasteiger partial charge in [0.05, 0.1) is 25.7 Å². The first-order valence-electron chi connectivity index (χ1n) is 3.75. The fourth-order valence-corrected chi connectivity index (χ4v) is 1.12. The molecule has 2 aliphatic rings. The SMILES string of the molecule is O=C1[CH]CON1CC1CCO1. The summed E-state index contributed by atoms with van der Waals surface area (Å²) in [6.07, 6.45) is 2.76. The number of rotatable bonds is 2. The van der Waals surface area contributed by atoms with Crippen LogP contribution in [0, 0.1) is 6.42 Å². The molecule has 4 heteroatoms. The van der Waals surface area contributed by atoms with Crippen LogP contribution in [0.4, 0.5) is 0 Å². The summed E-state index contributed by atoms with van der Waals surface area (Å²) < 4.78 is 5.15. The zero-order valence-corrected chi connectivity index (χ0v) is 6.16. The largest absolute Gasteiger partial charge is 0.376 e. The molecular weight excluding hydrogens is 146 g/mol. The standard InChI is InChI=1S/C7H10NO3/c9-7-2-4-11-8(7)5-6-1-3-10-6/h2,6H,1,3-5H2. The lowest BCUT2D eigenvalue weighted by Crippen LogP contribution is -2.39. The minimum Gasteiger partial charge on any atom is -0.376 e. The Morgan fingerprint density at radius 2 is 2.55 bits per heavy atom. The highest BCUT2D eigenvalue weighted by Crippen LogP contribution is 2.15. The molecule has 0 bridgehead atoms. The molecule has 0 spiro atoms. The third-order valence-corrected chi connectivity index (χ3v) is 1.90. The number of ether oxygens (including phenoxy) is 1. The Balaban J connectivity index is 1.80. The molecule has 1 radical (unpaired) electrons. The lowest BCUT2D eigenvalue weighted by atomic mass is 10.2. The molecule has 0 saturated carbocycles. The Bertz CT molecular complexity index is 167. The minimum atomic E-state index is -0.0412. The van der Waals surface area contributed by atoms with E-state index < -0.39 is 0 Å². The summed E-state index contributed by atoms with van der Waals surface area (Å²) in [4.78, 5) is 16.0. The Hall–Kier alpha value is -0.610. The van der Waals surface area contributed by atoms with E-state index in [1.165, 1.54) is 11.5 Å². The zero-order valence-electron chi connectivity index (χ0n) is 6.16. The monoisotopic (exact) mass is 156 g/mol. The first-order valence-corrected chi connectivity index (χ1v) is 3.75. The quantitative estimate of drug-likeness (QED) is 0.553. The number of hydroxylamine groups is 2. The Morgan fingerprint density at radius 1 is 1.73 bits per heavy atom. The second kappa shape index (κ2) is 2.79. The van der Waals surface area contributed by atoms with Gasteiger partial charge in [0.15, 0.2) is 0 Å². The highest BCUT2D eigenvalue weighted by Gasteiger charge is 2.28. The van der Waals surface area contributed by atoms with Gasteiger partial charge in [-0.3, -0.25) is 9.63 Å². The van der Waals surface area contributed by atoms with Crippen LogP contribution in [0.25, 0.3) is 0 Å². The average Bonchev–Trinajstić information content (AvgIpc) is 2.27. The van der Waals surface area contributed by atoms with Gasteiger partial charge in [0.2, 0.25) is 0 Å². The van der Waals surface area contributed by atoms with E-state index in [0.717, 1.165) is 13.0 Å². The number of hydrogen-bond acceptors (Lipinski definition) is 3. The topological polar surface area (TPSA) is 38.8 Å². The van der Waals surface area contributed by atoms with Crippen LogP contribution in [-0.4, -0.2) is 36.8 Å². The van der Waals surface area contributed by atoms with Gasteiger partial charge in [-0.25, -0.2) is 5.06 Å². The van der Waals surface area contributed by atoms with Crippen LogP contribution in [-0.2, 0) is 14.4 Å². The molecule has 4 nitrogen and oxygen atoms in total. The average molecular weight is 156 g/mol. The fraction of sp³-hybridized carbons (Fsp3) is 0.714. The predicted molar refractivity (Wildman–Crippen MR) is 36.3 cm³/mol. The number of nitrogens with zero attached hydrogens (tertiary/aromatic N) is 1. The van der Waals surface area contributed by atoms with Gasteiger partial charge in [0.1, 0.15) is 0 Å². The van der Waals surface area contributed by atoms with Crippen molar-refractivity contribution < 1.29 is 14.4 Å². The van der Waals surface area contributed by atoms with E-state index in [1.54, 1.807) is 0 Å². The van der Waals surface area contributed by atoms with Gasteiger partial charge >= 0.3 is 0 Å². The lowest BCUT2D eigenvalue weighted by molar-refractivity contribution is -0.180. The summed E-state index contributed by atoms with van der Waals surface area (Å²) in [7, 11) is 0. The summed E-state index contributed by atoms with van der Waals surface area (Å²) in [6, 6.07) is 0. The molecule has 0 aromatic carbocycles. The van der Waals surface area contributed by atoms with Crippen molar-refractivity contribution in [3.8, 4) is 0 Å². The maximum Gasteiger partial charge on any atom is 0.252 e. The number of carbonyl (C=O) groups excluding carboxylic acids is 1. The molecule has 11 heavy (non-hydrogen) atoms. The van der Waals surface area contributed by atoms with E-state index in [9.17, 15) is 4.79 Å². The molecule has 2 fully saturated rings. The predicted octanol–water partition coefficient (Wildman–Crippen LogP) is -0.247. The molecule has 0 aromatic rings. The van der Waals surface area contributed by atoms with E-state index in [-0.39, 0.29) is 12.0 Å². The zero-order chi connectivity index (χ0) is 7.68. The molecule has 2 rings (SSSR count). The highest BCUT2D eigenvalue weighted by molar-refractivity contribution is 5.85. The van der Waals surface area contributed by atoms with Gasteiger partial charge in [-0.1, -0.05) is 0 Å². The Kier molecular flexibility index (Phi) is 1.79. The second-order valence-electron chi connectivity index (χ2n) is 2.68. The molecule has 0 N–H and O–H groups in total. The summed E-state index contributed by atoms with van der Waals surface area (Å²) in [5.41, 5.74) is 0. The molecule has 0 aromatic heterocycles. The van der Waals surface area contributed by atoms with E-state index in [0.29, 0.717) is 13.2 Å². The fourth-order valence-electron chi connectivity index (χ4n) is 1.12. The van der Waals surface area contributed by atoms with Crippen molar-refractivity contribution in [3.05, 3.63) is 6.42 Å². The molecule has 2 heterocycles. The Morgan fingerprint density at radius 3 is 3.00 bits per heavy atom. The lowest BCUT2D eigenvalue weighted by Gasteiger charge is -2.29. The van der Waals surface area contributed by atoms with Gasteiger partial charge in [-0.15, -0.1) is 0 Å². The first-order chi connectivity index (χ1) is 5.36. The normalized spacial score (nSPS) is 30.7. The van der Waals surface area contributed by atoms with Crippen molar-refractivity contribution in [2.45, 2.75) is 12.5 Å². The maximum absolute atomic E-state index is 10.9. The number of hydrogen-bond donors (Lipinski definition) is 0. The third-order valence-electron chi connectivity index (χ3n) is 1.90. The molecule has 0 aliphatic carbocycles. The van der Waals surface area contributed by atoms with Gasteiger partial charge in [0.25, 0.3) is 5.91 Å². The summed E-state index contributed by atoms with van der Waals surface area (Å²) in [5, 5.41) is 1.36. The van der Waals surface area contributed by atoms with E-state index >= 15 is 0 Å². The van der Waals surface area contributed by atoms with Crippen LogP contribution in [0.5, 0.6) is 0 Å². The number of amides is 1. The number of carbonyl (C=O) groups is 1. The van der Waals surface area contributed by atoms with E-state index in [4.69, 9.17) is 9.57 Å².